The molecule has 2 aromatic heterocycles. The first-order valence-electron chi connectivity index (χ1n) is 9.51. The molecule has 1 N–H and O–H groups in total. The van der Waals surface area contributed by atoms with E-state index in [1.807, 2.05) is 31.2 Å². The Hall–Kier alpha value is -3.66. The van der Waals surface area contributed by atoms with Crippen molar-refractivity contribution in [1.29, 1.82) is 0 Å². The molecule has 0 unspecified atom stereocenters. The van der Waals surface area contributed by atoms with Gasteiger partial charge in [-0.2, -0.15) is 8.78 Å². The lowest BCUT2D eigenvalue weighted by Crippen LogP contribution is -2.48. The van der Waals surface area contributed by atoms with Crippen LogP contribution in [0.25, 0.3) is 11.1 Å². The van der Waals surface area contributed by atoms with Crippen LogP contribution in [0.3, 0.4) is 0 Å². The predicted molar refractivity (Wildman–Crippen MR) is 106 cm³/mol. The van der Waals surface area contributed by atoms with Gasteiger partial charge in [0.1, 0.15) is 23.7 Å². The van der Waals surface area contributed by atoms with E-state index in [0.717, 1.165) is 40.3 Å². The Labute approximate surface area is 180 Å². The number of hydrogen-bond acceptors (Lipinski definition) is 5. The molecule has 0 radical (unpaired) electrons. The Morgan fingerprint density at radius 1 is 0.969 bits per heavy atom. The normalized spacial score (nSPS) is 13.7. The summed E-state index contributed by atoms with van der Waals surface area (Å²) in [6.45, 7) is 1.02. The molecule has 0 saturated carbocycles. The summed E-state index contributed by atoms with van der Waals surface area (Å²) >= 11 is 0. The summed E-state index contributed by atoms with van der Waals surface area (Å²) in [5.74, 6) is -6.40. The van der Waals surface area contributed by atoms with Crippen molar-refractivity contribution in [1.82, 2.24) is 25.2 Å². The molecule has 0 aliphatic carbocycles. The summed E-state index contributed by atoms with van der Waals surface area (Å²) in [7, 11) is 0. The molecule has 0 spiro atoms. The zero-order chi connectivity index (χ0) is 22.9. The topological polar surface area (TPSA) is 76.7 Å². The van der Waals surface area contributed by atoms with Crippen molar-refractivity contribution in [3.63, 3.8) is 0 Å². The van der Waals surface area contributed by atoms with Gasteiger partial charge in [0.05, 0.1) is 6.54 Å². The first-order valence-corrected chi connectivity index (χ1v) is 9.51. The lowest BCUT2D eigenvalue weighted by atomic mass is 9.84. The van der Waals surface area contributed by atoms with E-state index in [0.29, 0.717) is 11.6 Å². The van der Waals surface area contributed by atoms with Gasteiger partial charge in [-0.05, 0) is 41.1 Å². The van der Waals surface area contributed by atoms with Gasteiger partial charge in [0, 0.05) is 23.4 Å². The smallest absolute Gasteiger partial charge is 0.323 e. The third-order valence-corrected chi connectivity index (χ3v) is 5.15. The maximum atomic E-state index is 15.7. The molecule has 0 saturated heterocycles. The van der Waals surface area contributed by atoms with Crippen molar-refractivity contribution in [2.45, 2.75) is 25.0 Å². The Morgan fingerprint density at radius 2 is 1.69 bits per heavy atom. The minimum atomic E-state index is -4.09. The van der Waals surface area contributed by atoms with Crippen molar-refractivity contribution >= 4 is 0 Å². The third kappa shape index (κ3) is 3.84. The summed E-state index contributed by atoms with van der Waals surface area (Å²) in [5.41, 5.74) is -2.39. The van der Waals surface area contributed by atoms with E-state index < -0.39 is 41.0 Å². The summed E-state index contributed by atoms with van der Waals surface area (Å²) in [4.78, 5) is 3.85. The van der Waals surface area contributed by atoms with Gasteiger partial charge >= 0.3 is 5.92 Å². The van der Waals surface area contributed by atoms with Gasteiger partial charge in [0.15, 0.2) is 5.60 Å². The average molecular weight is 443 g/mol. The highest BCUT2D eigenvalue weighted by atomic mass is 19.3. The minimum Gasteiger partial charge on any atom is -0.377 e. The fourth-order valence-corrected chi connectivity index (χ4v) is 3.37. The fourth-order valence-electron chi connectivity index (χ4n) is 3.37. The number of nitrogens with zero attached hydrogens (tertiary/aromatic N) is 5. The molecule has 0 aliphatic rings. The van der Waals surface area contributed by atoms with Gasteiger partial charge in [-0.25, -0.2) is 13.5 Å². The number of aryl methyl sites for hydroxylation is 1. The Balaban J connectivity index is 1.78. The zero-order valence-corrected chi connectivity index (χ0v) is 16.8. The second-order valence-electron chi connectivity index (χ2n) is 7.36. The zero-order valence-electron chi connectivity index (χ0n) is 16.8. The second-order valence-corrected chi connectivity index (χ2v) is 7.36. The molecule has 10 heteroatoms. The van der Waals surface area contributed by atoms with E-state index in [-0.39, 0.29) is 0 Å². The lowest BCUT2D eigenvalue weighted by Gasteiger charge is -2.35. The van der Waals surface area contributed by atoms with Crippen molar-refractivity contribution < 1.29 is 22.7 Å². The van der Waals surface area contributed by atoms with Crippen LogP contribution < -0.4 is 0 Å². The molecule has 4 rings (SSSR count). The third-order valence-electron chi connectivity index (χ3n) is 5.15. The predicted octanol–water partition coefficient (Wildman–Crippen LogP) is 4.00. The van der Waals surface area contributed by atoms with Crippen molar-refractivity contribution in [2.75, 3.05) is 0 Å². The number of aliphatic hydroxyl groups is 1. The quantitative estimate of drug-likeness (QED) is 0.456. The van der Waals surface area contributed by atoms with Crippen LogP contribution >= 0.6 is 0 Å². The molecule has 0 aliphatic heterocycles. The molecule has 32 heavy (non-hydrogen) atoms. The first-order chi connectivity index (χ1) is 15.2. The minimum absolute atomic E-state index is 0.421. The van der Waals surface area contributed by atoms with Gasteiger partial charge in [0.2, 0.25) is 0 Å². The number of tetrazole rings is 1. The van der Waals surface area contributed by atoms with E-state index in [9.17, 15) is 13.9 Å². The van der Waals surface area contributed by atoms with Crippen LogP contribution in [-0.2, 0) is 18.1 Å². The largest absolute Gasteiger partial charge is 0.377 e. The van der Waals surface area contributed by atoms with Crippen LogP contribution in [0, 0.1) is 18.6 Å². The number of pyridine rings is 1. The van der Waals surface area contributed by atoms with Crippen LogP contribution in [0.4, 0.5) is 17.6 Å². The molecule has 0 amide bonds. The van der Waals surface area contributed by atoms with Crippen LogP contribution in [0.2, 0.25) is 0 Å². The molecular weight excluding hydrogens is 426 g/mol. The lowest BCUT2D eigenvalue weighted by molar-refractivity contribution is -0.207. The number of benzene rings is 2. The van der Waals surface area contributed by atoms with Gasteiger partial charge in [-0.3, -0.25) is 4.98 Å². The standard InChI is InChI=1S/C22H17F4N5O/c1-14-2-4-15(5-3-14)16-6-9-20(27-11-16)22(25,26)21(32,12-31-13-28-29-30-31)18-8-7-17(23)10-19(18)24/h2-11,13,32H,12H2,1H3/t21-/m1/s1. The van der Waals surface area contributed by atoms with Crippen LogP contribution in [-0.4, -0.2) is 30.3 Å². The van der Waals surface area contributed by atoms with Crippen LogP contribution in [0.5, 0.6) is 0 Å². The number of halogens is 4. The molecule has 0 fully saturated rings. The van der Waals surface area contributed by atoms with E-state index in [4.69, 9.17) is 0 Å². The summed E-state index contributed by atoms with van der Waals surface area (Å²) in [5, 5.41) is 21.3. The monoisotopic (exact) mass is 443 g/mol. The summed E-state index contributed by atoms with van der Waals surface area (Å²) in [6, 6.07) is 11.9. The molecule has 1 atom stereocenters. The highest BCUT2D eigenvalue weighted by molar-refractivity contribution is 5.62. The Morgan fingerprint density at radius 3 is 2.28 bits per heavy atom. The number of aromatic nitrogens is 5. The van der Waals surface area contributed by atoms with E-state index >= 15 is 8.78 Å². The summed E-state index contributed by atoms with van der Waals surface area (Å²) in [6.07, 6.45) is 2.24. The van der Waals surface area contributed by atoms with Crippen molar-refractivity contribution in [3.05, 3.63) is 95.6 Å². The maximum absolute atomic E-state index is 15.7. The van der Waals surface area contributed by atoms with Crippen molar-refractivity contribution in [3.8, 4) is 11.1 Å². The van der Waals surface area contributed by atoms with Crippen LogP contribution in [0.15, 0.2) is 67.1 Å². The van der Waals surface area contributed by atoms with E-state index in [1.54, 1.807) is 0 Å². The SMILES string of the molecule is Cc1ccc(-c2ccc(C(F)(F)[C@@](O)(Cn3cnnn3)c3ccc(F)cc3F)nc2)cc1. The highest BCUT2D eigenvalue weighted by Crippen LogP contribution is 2.46. The highest BCUT2D eigenvalue weighted by Gasteiger charge is 2.57. The van der Waals surface area contributed by atoms with Crippen LogP contribution in [0.1, 0.15) is 16.8 Å². The van der Waals surface area contributed by atoms with Gasteiger partial charge < -0.3 is 5.11 Å². The first kappa shape index (κ1) is 21.6. The molecule has 2 aromatic carbocycles. The number of alkyl halides is 2. The average Bonchev–Trinajstić information content (AvgIpc) is 3.27. The summed E-state index contributed by atoms with van der Waals surface area (Å²) < 4.78 is 60.1. The fraction of sp³-hybridized carbons (Fsp3) is 0.182. The van der Waals surface area contributed by atoms with Crippen molar-refractivity contribution in [2.24, 2.45) is 0 Å². The molecule has 164 valence electrons. The number of hydrogen-bond donors (Lipinski definition) is 1. The number of rotatable bonds is 6. The Kier molecular flexibility index (Phi) is 5.47. The molecule has 2 heterocycles. The molecule has 6 nitrogen and oxygen atoms in total. The van der Waals surface area contributed by atoms with E-state index in [2.05, 4.69) is 20.5 Å². The molecule has 4 aromatic rings. The molecular formula is C22H17F4N5O. The maximum Gasteiger partial charge on any atom is 0.323 e. The van der Waals surface area contributed by atoms with Gasteiger partial charge in [0.25, 0.3) is 0 Å². The molecule has 0 bridgehead atoms. The van der Waals surface area contributed by atoms with E-state index in [1.165, 1.54) is 12.3 Å². The second kappa shape index (κ2) is 8.12. The van der Waals surface area contributed by atoms with Gasteiger partial charge in [-0.1, -0.05) is 35.9 Å². The Bertz CT molecular complexity index is 1210. The van der Waals surface area contributed by atoms with Gasteiger partial charge in [-0.15, -0.1) is 5.10 Å².